The molecule has 0 aliphatic rings. The van der Waals surface area contributed by atoms with E-state index in [0.717, 1.165) is 16.7 Å². The summed E-state index contributed by atoms with van der Waals surface area (Å²) in [6.07, 6.45) is 0. The minimum Gasteiger partial charge on any atom is -0.348 e. The molecule has 0 spiro atoms. The minimum absolute atomic E-state index is 0.254. The van der Waals surface area contributed by atoms with Gasteiger partial charge in [0.25, 0.3) is 11.5 Å². The number of halogens is 1. The molecule has 5 rings (SSSR count). The quantitative estimate of drug-likeness (QED) is 0.458. The second-order valence-corrected chi connectivity index (χ2v) is 7.54. The molecule has 2 heterocycles. The second kappa shape index (κ2) is 7.73. The number of hydrogen-bond acceptors (Lipinski definition) is 4. The number of aromatic nitrogens is 4. The van der Waals surface area contributed by atoms with Gasteiger partial charge in [-0.15, -0.1) is 0 Å². The summed E-state index contributed by atoms with van der Waals surface area (Å²) < 4.78 is 14.7. The van der Waals surface area contributed by atoms with Gasteiger partial charge < -0.3 is 5.32 Å². The summed E-state index contributed by atoms with van der Waals surface area (Å²) in [6, 6.07) is 18.5. The average Bonchev–Trinajstić information content (AvgIpc) is 3.22. The Morgan fingerprint density at radius 1 is 1.06 bits per heavy atom. The van der Waals surface area contributed by atoms with Crippen LogP contribution in [0, 0.1) is 12.7 Å². The molecule has 0 atom stereocenters. The van der Waals surface area contributed by atoms with Crippen LogP contribution in [0.15, 0.2) is 71.5 Å². The standard InChI is InChI=1S/C24H18FN5O2/c1-14-2-6-16(7-3-14)21-22-27-24(32)19-11-8-17(12-20(19)30(22)29-28-21)23(31)26-13-15-4-9-18(25)10-5-15/h2-12,29H,13H2,1H3,(H,26,31). The Balaban J connectivity index is 1.52. The van der Waals surface area contributed by atoms with E-state index in [1.807, 2.05) is 31.2 Å². The van der Waals surface area contributed by atoms with Crippen molar-refractivity contribution in [1.82, 2.24) is 25.1 Å². The topological polar surface area (TPSA) is 92.2 Å². The number of carbonyl (C=O) groups is 1. The number of carbonyl (C=O) groups excluding carboxylic acids is 1. The molecular formula is C24H18FN5O2. The van der Waals surface area contributed by atoms with Crippen LogP contribution in [0.5, 0.6) is 0 Å². The molecule has 8 heteroatoms. The molecule has 3 aromatic carbocycles. The number of nitrogens with zero attached hydrogens (tertiary/aromatic N) is 3. The van der Waals surface area contributed by atoms with Gasteiger partial charge in [0.05, 0.1) is 10.9 Å². The summed E-state index contributed by atoms with van der Waals surface area (Å²) in [5.74, 6) is -0.644. The SMILES string of the molecule is Cc1ccc(-c2n[nH]n3c2nc(=O)c2ccc(C(=O)NCc4ccc(F)cc4)cc23)cc1. The lowest BCUT2D eigenvalue weighted by Crippen LogP contribution is -2.23. The molecule has 5 aromatic rings. The molecule has 2 aromatic heterocycles. The fourth-order valence-corrected chi connectivity index (χ4v) is 3.56. The number of rotatable bonds is 4. The van der Waals surface area contributed by atoms with Crippen LogP contribution in [0.3, 0.4) is 0 Å². The van der Waals surface area contributed by atoms with Gasteiger partial charge in [-0.3, -0.25) is 9.59 Å². The van der Waals surface area contributed by atoms with Gasteiger partial charge in [-0.25, -0.2) is 14.1 Å². The first kappa shape index (κ1) is 19.6. The monoisotopic (exact) mass is 427 g/mol. The van der Waals surface area contributed by atoms with Crippen LogP contribution in [0.2, 0.25) is 0 Å². The number of hydrogen-bond donors (Lipinski definition) is 2. The van der Waals surface area contributed by atoms with E-state index in [9.17, 15) is 14.0 Å². The molecule has 0 fully saturated rings. The van der Waals surface area contributed by atoms with Crippen molar-refractivity contribution in [3.05, 3.63) is 99.6 Å². The minimum atomic E-state index is -0.395. The van der Waals surface area contributed by atoms with Crippen molar-refractivity contribution in [2.45, 2.75) is 13.5 Å². The smallest absolute Gasteiger partial charge is 0.281 e. The lowest BCUT2D eigenvalue weighted by atomic mass is 10.1. The largest absolute Gasteiger partial charge is 0.348 e. The molecule has 0 bridgehead atoms. The van der Waals surface area contributed by atoms with Crippen LogP contribution in [-0.4, -0.2) is 25.7 Å². The highest BCUT2D eigenvalue weighted by molar-refractivity contribution is 5.98. The van der Waals surface area contributed by atoms with Gasteiger partial charge in [-0.05, 0) is 42.8 Å². The molecule has 0 unspecified atom stereocenters. The number of nitrogens with one attached hydrogen (secondary N) is 2. The summed E-state index contributed by atoms with van der Waals surface area (Å²) in [7, 11) is 0. The number of H-pyrrole nitrogens is 1. The van der Waals surface area contributed by atoms with Gasteiger partial charge in [0.2, 0.25) is 0 Å². The van der Waals surface area contributed by atoms with Crippen LogP contribution in [0.4, 0.5) is 4.39 Å². The second-order valence-electron chi connectivity index (χ2n) is 7.54. The lowest BCUT2D eigenvalue weighted by Gasteiger charge is -2.07. The van der Waals surface area contributed by atoms with Crippen LogP contribution in [-0.2, 0) is 6.54 Å². The van der Waals surface area contributed by atoms with Crippen molar-refractivity contribution >= 4 is 22.5 Å². The van der Waals surface area contributed by atoms with Gasteiger partial charge in [-0.2, -0.15) is 10.1 Å². The maximum atomic E-state index is 13.1. The lowest BCUT2D eigenvalue weighted by molar-refractivity contribution is 0.0951. The Hall–Kier alpha value is -4.33. The summed E-state index contributed by atoms with van der Waals surface area (Å²) >= 11 is 0. The zero-order chi connectivity index (χ0) is 22.2. The van der Waals surface area contributed by atoms with Crippen molar-refractivity contribution in [3.8, 4) is 11.3 Å². The maximum Gasteiger partial charge on any atom is 0.281 e. The molecule has 32 heavy (non-hydrogen) atoms. The van der Waals surface area contributed by atoms with Gasteiger partial charge in [0.1, 0.15) is 11.5 Å². The molecule has 0 saturated heterocycles. The van der Waals surface area contributed by atoms with E-state index in [0.29, 0.717) is 27.8 Å². The summed E-state index contributed by atoms with van der Waals surface area (Å²) in [5.41, 5.74) is 4.14. The van der Waals surface area contributed by atoms with Crippen LogP contribution in [0.1, 0.15) is 21.5 Å². The summed E-state index contributed by atoms with van der Waals surface area (Å²) in [5, 5.41) is 10.4. The number of benzene rings is 3. The molecule has 2 N–H and O–H groups in total. The van der Waals surface area contributed by atoms with Crippen molar-refractivity contribution in [2.24, 2.45) is 0 Å². The first-order chi connectivity index (χ1) is 15.5. The predicted octanol–water partition coefficient (Wildman–Crippen LogP) is 3.62. The van der Waals surface area contributed by atoms with Crippen LogP contribution >= 0.6 is 0 Å². The molecule has 0 aliphatic carbocycles. The third-order valence-electron chi connectivity index (χ3n) is 5.32. The van der Waals surface area contributed by atoms with Gasteiger partial charge in [0, 0.05) is 17.7 Å². The van der Waals surface area contributed by atoms with Gasteiger partial charge in [0.15, 0.2) is 5.65 Å². The molecule has 158 valence electrons. The van der Waals surface area contributed by atoms with E-state index in [1.54, 1.807) is 34.8 Å². The predicted molar refractivity (Wildman–Crippen MR) is 119 cm³/mol. The number of fused-ring (bicyclic) bond motifs is 3. The average molecular weight is 427 g/mol. The molecule has 1 amide bonds. The molecule has 0 radical (unpaired) electrons. The summed E-state index contributed by atoms with van der Waals surface area (Å²) in [6.45, 7) is 2.25. The van der Waals surface area contributed by atoms with E-state index in [-0.39, 0.29) is 18.3 Å². The highest BCUT2D eigenvalue weighted by Crippen LogP contribution is 2.23. The fourth-order valence-electron chi connectivity index (χ4n) is 3.56. The third kappa shape index (κ3) is 3.51. The first-order valence-electron chi connectivity index (χ1n) is 10.0. The maximum absolute atomic E-state index is 13.1. The van der Waals surface area contributed by atoms with E-state index < -0.39 is 5.56 Å². The van der Waals surface area contributed by atoms with Crippen molar-refractivity contribution in [1.29, 1.82) is 0 Å². The number of aromatic amines is 1. The van der Waals surface area contributed by atoms with Gasteiger partial charge >= 0.3 is 0 Å². The molecule has 0 saturated carbocycles. The Morgan fingerprint density at radius 3 is 2.56 bits per heavy atom. The van der Waals surface area contributed by atoms with Crippen LogP contribution < -0.4 is 10.9 Å². The molecule has 7 nitrogen and oxygen atoms in total. The third-order valence-corrected chi connectivity index (χ3v) is 5.32. The Kier molecular flexibility index (Phi) is 4.74. The van der Waals surface area contributed by atoms with E-state index in [1.165, 1.54) is 12.1 Å². The van der Waals surface area contributed by atoms with E-state index in [2.05, 4.69) is 20.6 Å². The number of aryl methyl sites for hydroxylation is 1. The Bertz CT molecular complexity index is 1520. The Labute approximate surface area is 181 Å². The van der Waals surface area contributed by atoms with Crippen LogP contribution in [0.25, 0.3) is 27.8 Å². The summed E-state index contributed by atoms with van der Waals surface area (Å²) in [4.78, 5) is 29.5. The zero-order valence-electron chi connectivity index (χ0n) is 17.1. The number of amides is 1. The molecular weight excluding hydrogens is 409 g/mol. The van der Waals surface area contributed by atoms with Crippen molar-refractivity contribution < 1.29 is 9.18 Å². The molecule has 0 aliphatic heterocycles. The highest BCUT2D eigenvalue weighted by atomic mass is 19.1. The van der Waals surface area contributed by atoms with E-state index >= 15 is 0 Å². The zero-order valence-corrected chi connectivity index (χ0v) is 17.1. The first-order valence-corrected chi connectivity index (χ1v) is 10.0. The fraction of sp³-hybridized carbons (Fsp3) is 0.0833. The van der Waals surface area contributed by atoms with E-state index in [4.69, 9.17) is 0 Å². The van der Waals surface area contributed by atoms with Crippen molar-refractivity contribution in [2.75, 3.05) is 0 Å². The Morgan fingerprint density at radius 2 is 1.81 bits per heavy atom. The highest BCUT2D eigenvalue weighted by Gasteiger charge is 2.15. The van der Waals surface area contributed by atoms with Crippen molar-refractivity contribution in [3.63, 3.8) is 0 Å². The normalized spacial score (nSPS) is 11.2. The van der Waals surface area contributed by atoms with Gasteiger partial charge in [-0.1, -0.05) is 42.0 Å².